The fourth-order valence-corrected chi connectivity index (χ4v) is 5.16. The molecule has 1 fully saturated rings. The zero-order valence-corrected chi connectivity index (χ0v) is 20.8. The van der Waals surface area contributed by atoms with E-state index in [1.807, 2.05) is 36.4 Å². The summed E-state index contributed by atoms with van der Waals surface area (Å²) in [6.07, 6.45) is 2.69. The molecule has 3 aromatic rings. The zero-order chi connectivity index (χ0) is 24.2. The second kappa shape index (κ2) is 10.7. The van der Waals surface area contributed by atoms with Gasteiger partial charge in [0.2, 0.25) is 0 Å². The minimum Gasteiger partial charge on any atom is -0.493 e. The number of fused-ring (bicyclic) bond motifs is 1. The molecule has 3 aromatic carbocycles. The first-order chi connectivity index (χ1) is 17.0. The van der Waals surface area contributed by atoms with E-state index in [0.717, 1.165) is 42.9 Å². The van der Waals surface area contributed by atoms with E-state index in [1.54, 1.807) is 0 Å². The molecule has 5 rings (SSSR count). The first-order valence-electron chi connectivity index (χ1n) is 12.9. The van der Waals surface area contributed by atoms with Gasteiger partial charge < -0.3 is 25.4 Å². The Kier molecular flexibility index (Phi) is 7.26. The van der Waals surface area contributed by atoms with Crippen LogP contribution in [0.3, 0.4) is 0 Å². The van der Waals surface area contributed by atoms with Gasteiger partial charge >= 0.3 is 0 Å². The third-order valence-corrected chi connectivity index (χ3v) is 7.03. The van der Waals surface area contributed by atoms with Gasteiger partial charge in [0.05, 0.1) is 6.61 Å². The van der Waals surface area contributed by atoms with E-state index in [-0.39, 0.29) is 0 Å². The average Bonchev–Trinajstić information content (AvgIpc) is 3.50. The molecule has 2 atom stereocenters. The Balaban J connectivity index is 1.10. The molecular formula is C30H37N3O2. The number of nitrogens with zero attached hydrogens (tertiary/aromatic N) is 1. The van der Waals surface area contributed by atoms with Crippen molar-refractivity contribution in [1.82, 2.24) is 5.32 Å². The van der Waals surface area contributed by atoms with Gasteiger partial charge in [-0.2, -0.15) is 0 Å². The predicted molar refractivity (Wildman–Crippen MR) is 143 cm³/mol. The fraction of sp³-hybridized carbons (Fsp3) is 0.400. The standard InChI is InChI=1S/C30H37N3O2/c1-21(2)20-35-29-13-7-22(8-14-29)30(34)32-25-9-11-28(12-10-25)33-16-15-26(19-33)31-27-17-23-5-3-4-6-24(23)18-27/h3-14,21,26-27,30-32,34H,15-20H2,1-2H3. The molecule has 2 aliphatic rings. The van der Waals surface area contributed by atoms with Crippen LogP contribution in [0.4, 0.5) is 11.4 Å². The van der Waals surface area contributed by atoms with Crippen LogP contribution in [-0.2, 0) is 12.8 Å². The molecule has 2 unspecified atom stereocenters. The van der Waals surface area contributed by atoms with Crippen LogP contribution in [0.2, 0.25) is 0 Å². The SMILES string of the molecule is CC(C)COc1ccc(C(O)Nc2ccc(N3CCC(NC4Cc5ccccc5C4)C3)cc2)cc1. The molecule has 0 aromatic heterocycles. The number of hydrogen-bond donors (Lipinski definition) is 3. The van der Waals surface area contributed by atoms with Crippen LogP contribution in [-0.4, -0.2) is 36.9 Å². The Labute approximate surface area is 209 Å². The number of benzene rings is 3. The zero-order valence-electron chi connectivity index (χ0n) is 20.8. The summed E-state index contributed by atoms with van der Waals surface area (Å²) in [5.74, 6) is 1.31. The van der Waals surface area contributed by atoms with Gasteiger partial charge in [-0.1, -0.05) is 50.2 Å². The third-order valence-electron chi connectivity index (χ3n) is 7.03. The van der Waals surface area contributed by atoms with Crippen LogP contribution in [0.5, 0.6) is 5.75 Å². The highest BCUT2D eigenvalue weighted by atomic mass is 16.5. The van der Waals surface area contributed by atoms with Crippen molar-refractivity contribution < 1.29 is 9.84 Å². The topological polar surface area (TPSA) is 56.8 Å². The summed E-state index contributed by atoms with van der Waals surface area (Å²) in [5.41, 5.74) is 5.95. The molecule has 5 nitrogen and oxygen atoms in total. The number of aliphatic hydroxyl groups excluding tert-OH is 1. The number of nitrogens with one attached hydrogen (secondary N) is 2. The van der Waals surface area contributed by atoms with Crippen molar-refractivity contribution in [2.75, 3.05) is 29.9 Å². The van der Waals surface area contributed by atoms with Crippen LogP contribution in [0, 0.1) is 5.92 Å². The van der Waals surface area contributed by atoms with E-state index >= 15 is 0 Å². The molecule has 1 aliphatic carbocycles. The highest BCUT2D eigenvalue weighted by Crippen LogP contribution is 2.27. The van der Waals surface area contributed by atoms with Crippen LogP contribution in [0.15, 0.2) is 72.8 Å². The molecule has 1 aliphatic heterocycles. The van der Waals surface area contributed by atoms with Gasteiger partial charge in [-0.3, -0.25) is 0 Å². The van der Waals surface area contributed by atoms with Gasteiger partial charge in [-0.15, -0.1) is 0 Å². The molecule has 1 saturated heterocycles. The number of aliphatic hydroxyl groups is 1. The first kappa shape index (κ1) is 23.7. The number of ether oxygens (including phenoxy) is 1. The van der Waals surface area contributed by atoms with Gasteiger partial charge in [0.15, 0.2) is 6.23 Å². The van der Waals surface area contributed by atoms with Gasteiger partial charge in [0, 0.05) is 42.1 Å². The number of rotatable bonds is 9. The third kappa shape index (κ3) is 5.98. The van der Waals surface area contributed by atoms with E-state index in [1.165, 1.54) is 23.2 Å². The molecule has 5 heteroatoms. The summed E-state index contributed by atoms with van der Waals surface area (Å²) in [6, 6.07) is 25.9. The van der Waals surface area contributed by atoms with E-state index in [0.29, 0.717) is 24.6 Å². The Hall–Kier alpha value is -3.02. The van der Waals surface area contributed by atoms with Crippen molar-refractivity contribution in [3.05, 3.63) is 89.5 Å². The smallest absolute Gasteiger partial charge is 0.150 e. The molecule has 0 saturated carbocycles. The Morgan fingerprint density at radius 3 is 2.26 bits per heavy atom. The highest BCUT2D eigenvalue weighted by molar-refractivity contribution is 5.56. The second-order valence-electron chi connectivity index (χ2n) is 10.3. The van der Waals surface area contributed by atoms with E-state index in [2.05, 4.69) is 65.8 Å². The largest absolute Gasteiger partial charge is 0.493 e. The van der Waals surface area contributed by atoms with Crippen LogP contribution >= 0.6 is 0 Å². The maximum atomic E-state index is 10.6. The van der Waals surface area contributed by atoms with Gasteiger partial charge in [0.25, 0.3) is 0 Å². The maximum absolute atomic E-state index is 10.6. The molecule has 0 amide bonds. The lowest BCUT2D eigenvalue weighted by Gasteiger charge is -2.22. The van der Waals surface area contributed by atoms with Crippen molar-refractivity contribution in [3.63, 3.8) is 0 Å². The second-order valence-corrected chi connectivity index (χ2v) is 10.3. The lowest BCUT2D eigenvalue weighted by atomic mass is 10.1. The fourth-order valence-electron chi connectivity index (χ4n) is 5.16. The summed E-state index contributed by atoms with van der Waals surface area (Å²) in [4.78, 5) is 2.45. The number of hydrogen-bond acceptors (Lipinski definition) is 5. The van der Waals surface area contributed by atoms with Crippen molar-refractivity contribution in [2.45, 2.75) is 51.4 Å². The van der Waals surface area contributed by atoms with Crippen molar-refractivity contribution in [1.29, 1.82) is 0 Å². The van der Waals surface area contributed by atoms with Gasteiger partial charge in [0.1, 0.15) is 5.75 Å². The van der Waals surface area contributed by atoms with Gasteiger partial charge in [-0.05, 0) is 72.7 Å². The quantitative estimate of drug-likeness (QED) is 0.377. The predicted octanol–water partition coefficient (Wildman–Crippen LogP) is 5.16. The van der Waals surface area contributed by atoms with E-state index in [4.69, 9.17) is 4.74 Å². The Bertz CT molecular complexity index is 1070. The molecule has 184 valence electrons. The van der Waals surface area contributed by atoms with Crippen LogP contribution < -0.4 is 20.3 Å². The summed E-state index contributed by atoms with van der Waals surface area (Å²) in [6.45, 7) is 7.05. The molecule has 0 radical (unpaired) electrons. The van der Waals surface area contributed by atoms with Crippen LogP contribution in [0.1, 0.15) is 43.2 Å². The summed E-state index contributed by atoms with van der Waals surface area (Å²) in [7, 11) is 0. The molecule has 0 bridgehead atoms. The molecule has 0 spiro atoms. The van der Waals surface area contributed by atoms with E-state index < -0.39 is 6.23 Å². The van der Waals surface area contributed by atoms with Crippen molar-refractivity contribution >= 4 is 11.4 Å². The minimum absolute atomic E-state index is 0.484. The molecule has 3 N–H and O–H groups in total. The molecular weight excluding hydrogens is 434 g/mol. The monoisotopic (exact) mass is 471 g/mol. The van der Waals surface area contributed by atoms with Gasteiger partial charge in [-0.25, -0.2) is 0 Å². The molecule has 35 heavy (non-hydrogen) atoms. The summed E-state index contributed by atoms with van der Waals surface area (Å²) < 4.78 is 5.73. The molecule has 1 heterocycles. The Morgan fingerprint density at radius 2 is 1.60 bits per heavy atom. The maximum Gasteiger partial charge on any atom is 0.150 e. The van der Waals surface area contributed by atoms with Crippen molar-refractivity contribution in [3.8, 4) is 5.75 Å². The highest BCUT2D eigenvalue weighted by Gasteiger charge is 2.28. The summed E-state index contributed by atoms with van der Waals surface area (Å²) >= 11 is 0. The van der Waals surface area contributed by atoms with E-state index in [9.17, 15) is 5.11 Å². The lowest BCUT2D eigenvalue weighted by molar-refractivity contribution is 0.208. The average molecular weight is 472 g/mol. The minimum atomic E-state index is -0.768. The first-order valence-corrected chi connectivity index (χ1v) is 12.9. The van der Waals surface area contributed by atoms with Crippen LogP contribution in [0.25, 0.3) is 0 Å². The summed E-state index contributed by atoms with van der Waals surface area (Å²) in [5, 5.41) is 17.7. The lowest BCUT2D eigenvalue weighted by Crippen LogP contribution is -2.40. The number of anilines is 2. The normalized spacial score (nSPS) is 18.6. The Morgan fingerprint density at radius 1 is 0.914 bits per heavy atom. The van der Waals surface area contributed by atoms with Crippen molar-refractivity contribution in [2.24, 2.45) is 5.92 Å².